The van der Waals surface area contributed by atoms with Crippen LogP contribution >= 0.6 is 0 Å². The molecule has 0 aliphatic carbocycles. The molecule has 36 heavy (non-hydrogen) atoms. The minimum atomic E-state index is -0.968. The summed E-state index contributed by atoms with van der Waals surface area (Å²) >= 11 is 0. The number of cyclic esters (lactones) is 6. The van der Waals surface area contributed by atoms with Crippen LogP contribution in [0.25, 0.3) is 0 Å². The van der Waals surface area contributed by atoms with E-state index in [1.807, 2.05) is 0 Å². The Kier molecular flexibility index (Phi) is 9.61. The van der Waals surface area contributed by atoms with Gasteiger partial charge in [0.2, 0.25) is 0 Å². The largest absolute Gasteiger partial charge is 0.508 e. The first-order valence-electron chi connectivity index (χ1n) is 12.0. The van der Waals surface area contributed by atoms with Crippen LogP contribution < -0.4 is 0 Å². The van der Waals surface area contributed by atoms with Gasteiger partial charge >= 0.3 is 18.5 Å². The molecule has 0 saturated carbocycles. The van der Waals surface area contributed by atoms with E-state index in [4.69, 9.17) is 42.6 Å². The van der Waals surface area contributed by atoms with Crippen LogP contribution in [0.1, 0.15) is 40.5 Å². The number of aliphatic hydroxyl groups is 1. The molecule has 5 unspecified atom stereocenters. The normalized spacial score (nSPS) is 25.9. The molecular formula is C23H36O13. The van der Waals surface area contributed by atoms with E-state index in [0.29, 0.717) is 12.8 Å². The van der Waals surface area contributed by atoms with Crippen LogP contribution in [0.3, 0.4) is 0 Å². The number of hydrogen-bond acceptors (Lipinski definition) is 13. The molecule has 0 spiro atoms. The van der Waals surface area contributed by atoms with Crippen LogP contribution in [0.5, 0.6) is 0 Å². The van der Waals surface area contributed by atoms with Crippen LogP contribution in [0.15, 0.2) is 0 Å². The first kappa shape index (κ1) is 28.2. The second-order valence-corrected chi connectivity index (χ2v) is 10.1. The Labute approximate surface area is 209 Å². The van der Waals surface area contributed by atoms with Gasteiger partial charge in [0.1, 0.15) is 37.6 Å². The third-order valence-electron chi connectivity index (χ3n) is 6.33. The maximum absolute atomic E-state index is 11.3. The van der Waals surface area contributed by atoms with Crippen molar-refractivity contribution in [1.82, 2.24) is 0 Å². The maximum Gasteiger partial charge on any atom is 0.508 e. The van der Waals surface area contributed by atoms with Gasteiger partial charge in [-0.25, -0.2) is 14.4 Å². The van der Waals surface area contributed by atoms with Gasteiger partial charge in [0.15, 0.2) is 12.2 Å². The van der Waals surface area contributed by atoms with Gasteiger partial charge in [0.25, 0.3) is 0 Å². The second kappa shape index (κ2) is 12.3. The number of aliphatic hydroxyl groups excluding tert-OH is 1. The maximum atomic E-state index is 11.3. The fraction of sp³-hybridized carbons (Fsp3) is 0.870. The molecule has 3 heterocycles. The molecular weight excluding hydrogens is 484 g/mol. The fourth-order valence-electron chi connectivity index (χ4n) is 3.64. The van der Waals surface area contributed by atoms with Crippen LogP contribution in [0.4, 0.5) is 14.4 Å². The molecule has 13 nitrogen and oxygen atoms in total. The monoisotopic (exact) mass is 520 g/mol. The SMILES string of the molecule is CC(C)(OCC1COC(=O)O1)C(O)COCC(CCC1COC(=O)O1)COC(C)(C)C1COC(=O)O1. The molecule has 13 heteroatoms. The molecule has 0 bridgehead atoms. The highest BCUT2D eigenvalue weighted by atomic mass is 16.8. The van der Waals surface area contributed by atoms with E-state index >= 15 is 0 Å². The molecule has 206 valence electrons. The number of carbonyl (C=O) groups is 3. The van der Waals surface area contributed by atoms with E-state index < -0.39 is 48.0 Å². The zero-order valence-corrected chi connectivity index (χ0v) is 21.1. The van der Waals surface area contributed by atoms with E-state index in [1.165, 1.54) is 0 Å². The van der Waals surface area contributed by atoms with Crippen LogP contribution in [-0.2, 0) is 42.6 Å². The lowest BCUT2D eigenvalue weighted by atomic mass is 9.99. The molecule has 3 saturated heterocycles. The van der Waals surface area contributed by atoms with Crippen molar-refractivity contribution in [2.45, 2.75) is 76.2 Å². The average molecular weight is 521 g/mol. The van der Waals surface area contributed by atoms with Crippen molar-refractivity contribution in [2.24, 2.45) is 5.92 Å². The first-order valence-corrected chi connectivity index (χ1v) is 12.0. The lowest BCUT2D eigenvalue weighted by Gasteiger charge is -2.32. The number of rotatable bonds is 15. The Balaban J connectivity index is 1.46. The van der Waals surface area contributed by atoms with Gasteiger partial charge in [-0.2, -0.15) is 0 Å². The van der Waals surface area contributed by atoms with Gasteiger partial charge in [-0.1, -0.05) is 0 Å². The van der Waals surface area contributed by atoms with Gasteiger partial charge in [-0.3, -0.25) is 0 Å². The highest BCUT2D eigenvalue weighted by Gasteiger charge is 2.40. The lowest BCUT2D eigenvalue weighted by molar-refractivity contribution is -0.143. The van der Waals surface area contributed by atoms with Crippen molar-refractivity contribution in [2.75, 3.05) is 46.2 Å². The summed E-state index contributed by atoms with van der Waals surface area (Å²) < 4.78 is 47.2. The molecule has 5 atom stereocenters. The predicted molar refractivity (Wildman–Crippen MR) is 118 cm³/mol. The Morgan fingerprint density at radius 2 is 1.44 bits per heavy atom. The van der Waals surface area contributed by atoms with Crippen LogP contribution in [0, 0.1) is 5.92 Å². The average Bonchev–Trinajstić information content (AvgIpc) is 3.55. The molecule has 0 aromatic rings. The molecule has 0 radical (unpaired) electrons. The van der Waals surface area contributed by atoms with Crippen molar-refractivity contribution in [3.63, 3.8) is 0 Å². The summed E-state index contributed by atoms with van der Waals surface area (Å²) in [6.07, 6.45) is -3.37. The van der Waals surface area contributed by atoms with E-state index in [9.17, 15) is 19.5 Å². The zero-order chi connectivity index (χ0) is 26.3. The molecule has 3 aliphatic rings. The van der Waals surface area contributed by atoms with Gasteiger partial charge in [0.05, 0.1) is 32.0 Å². The number of carbonyl (C=O) groups excluding carboxylic acids is 3. The molecule has 1 N–H and O–H groups in total. The molecule has 3 rings (SSSR count). The molecule has 3 aliphatic heterocycles. The molecule has 0 aromatic heterocycles. The minimum absolute atomic E-state index is 0.0105. The Bertz CT molecular complexity index is 767. The van der Waals surface area contributed by atoms with Crippen LogP contribution in [-0.4, -0.2) is 105 Å². The van der Waals surface area contributed by atoms with Crippen molar-refractivity contribution < 1.29 is 62.1 Å². The van der Waals surface area contributed by atoms with Gasteiger partial charge in [0, 0.05) is 5.92 Å². The quantitative estimate of drug-likeness (QED) is 0.247. The third-order valence-corrected chi connectivity index (χ3v) is 6.33. The smallest absolute Gasteiger partial charge is 0.430 e. The summed E-state index contributed by atoms with van der Waals surface area (Å²) in [5, 5.41) is 10.6. The van der Waals surface area contributed by atoms with Crippen molar-refractivity contribution in [3.8, 4) is 0 Å². The summed E-state index contributed by atoms with van der Waals surface area (Å²) in [6, 6.07) is 0. The Morgan fingerprint density at radius 3 is 2.03 bits per heavy atom. The highest BCUT2D eigenvalue weighted by Crippen LogP contribution is 2.26. The molecule has 0 amide bonds. The van der Waals surface area contributed by atoms with Gasteiger partial charge in [-0.05, 0) is 40.5 Å². The van der Waals surface area contributed by atoms with Gasteiger partial charge in [-0.15, -0.1) is 0 Å². The molecule has 3 fully saturated rings. The first-order chi connectivity index (χ1) is 16.9. The molecule has 0 aromatic carbocycles. The number of ether oxygens (including phenoxy) is 9. The second-order valence-electron chi connectivity index (χ2n) is 10.1. The van der Waals surface area contributed by atoms with E-state index in [2.05, 4.69) is 0 Å². The topological polar surface area (TPSA) is 155 Å². The summed E-state index contributed by atoms with van der Waals surface area (Å²) in [5.41, 5.74) is -1.76. The van der Waals surface area contributed by atoms with E-state index in [1.54, 1.807) is 27.7 Å². The van der Waals surface area contributed by atoms with E-state index in [0.717, 1.165) is 0 Å². The van der Waals surface area contributed by atoms with Crippen LogP contribution in [0.2, 0.25) is 0 Å². The summed E-state index contributed by atoms with van der Waals surface area (Å²) in [4.78, 5) is 33.5. The van der Waals surface area contributed by atoms with Crippen molar-refractivity contribution >= 4 is 18.5 Å². The summed E-state index contributed by atoms with van der Waals surface area (Å²) in [5.74, 6) is -0.118. The highest BCUT2D eigenvalue weighted by molar-refractivity contribution is 5.62. The van der Waals surface area contributed by atoms with E-state index in [-0.39, 0.29) is 58.3 Å². The minimum Gasteiger partial charge on any atom is -0.430 e. The third kappa shape index (κ3) is 8.36. The Morgan fingerprint density at radius 1 is 0.833 bits per heavy atom. The van der Waals surface area contributed by atoms with Crippen molar-refractivity contribution in [3.05, 3.63) is 0 Å². The van der Waals surface area contributed by atoms with Crippen molar-refractivity contribution in [1.29, 1.82) is 0 Å². The standard InChI is InChI=1S/C23H36O13/c1-22(2,33-11-16-10-30-20(26)35-16)17(24)12-28-7-14(5-6-15-9-29-19(25)34-15)8-32-23(3,4)18-13-31-21(27)36-18/h14-18,24H,5-13H2,1-4H3. The predicted octanol–water partition coefficient (Wildman–Crippen LogP) is 1.96. The Hall–Kier alpha value is -2.35. The van der Waals surface area contributed by atoms with Gasteiger partial charge < -0.3 is 47.7 Å². The fourth-order valence-corrected chi connectivity index (χ4v) is 3.64. The zero-order valence-electron chi connectivity index (χ0n) is 21.1. The summed E-state index contributed by atoms with van der Waals surface area (Å²) in [7, 11) is 0. The lowest BCUT2D eigenvalue weighted by Crippen LogP contribution is -2.44. The number of hydrogen-bond donors (Lipinski definition) is 1. The summed E-state index contributed by atoms with van der Waals surface area (Å²) in [6.45, 7) is 8.03.